The zero-order chi connectivity index (χ0) is 19.7. The largest absolute Gasteiger partial charge is 0.466 e. The van der Waals surface area contributed by atoms with Crippen molar-refractivity contribution >= 4 is 5.97 Å². The molecule has 146 valence electrons. The lowest BCUT2D eigenvalue weighted by molar-refractivity contribution is -0.143. The molecule has 2 N–H and O–H groups in total. The molecule has 25 heavy (non-hydrogen) atoms. The second-order valence-electron chi connectivity index (χ2n) is 7.14. The SMILES string of the molecule is C=C(C)C(F)[C@H](/C=C/[C@@H](N)CC(=O)OCC)[C@H](C)[C@@H](C)[C@H](C)[C@H](C)F. The summed E-state index contributed by atoms with van der Waals surface area (Å²) in [5.74, 6) is -1.16. The van der Waals surface area contributed by atoms with E-state index in [4.69, 9.17) is 10.5 Å². The van der Waals surface area contributed by atoms with E-state index in [2.05, 4.69) is 6.58 Å². The molecule has 7 atom stereocenters. The fourth-order valence-electron chi connectivity index (χ4n) is 2.87. The maximum absolute atomic E-state index is 14.7. The fraction of sp³-hybridized carbons (Fsp3) is 0.750. The second-order valence-corrected chi connectivity index (χ2v) is 7.14. The van der Waals surface area contributed by atoms with Gasteiger partial charge in [-0.05, 0) is 44.1 Å². The minimum atomic E-state index is -1.24. The second kappa shape index (κ2) is 11.4. The van der Waals surface area contributed by atoms with Gasteiger partial charge >= 0.3 is 5.97 Å². The van der Waals surface area contributed by atoms with E-state index in [1.54, 1.807) is 26.0 Å². The van der Waals surface area contributed by atoms with Crippen molar-refractivity contribution in [2.24, 2.45) is 29.4 Å². The molecule has 0 aromatic carbocycles. The van der Waals surface area contributed by atoms with Crippen LogP contribution in [-0.4, -0.2) is 31.0 Å². The van der Waals surface area contributed by atoms with E-state index in [9.17, 15) is 13.6 Å². The number of carbonyl (C=O) groups is 1. The van der Waals surface area contributed by atoms with Crippen LogP contribution in [0.2, 0.25) is 0 Å². The third kappa shape index (κ3) is 8.13. The quantitative estimate of drug-likeness (QED) is 0.432. The normalized spacial score (nSPS) is 20.4. The Morgan fingerprint density at radius 3 is 2.12 bits per heavy atom. The number of rotatable bonds is 11. The Balaban J connectivity index is 5.20. The highest BCUT2D eigenvalue weighted by molar-refractivity contribution is 5.70. The van der Waals surface area contributed by atoms with Crippen LogP contribution in [0.15, 0.2) is 24.3 Å². The Labute approximate surface area is 151 Å². The first-order valence-electron chi connectivity index (χ1n) is 9.05. The molecule has 0 fully saturated rings. The number of esters is 1. The van der Waals surface area contributed by atoms with Crippen molar-refractivity contribution in [3.63, 3.8) is 0 Å². The highest BCUT2D eigenvalue weighted by Crippen LogP contribution is 2.35. The molecule has 0 amide bonds. The van der Waals surface area contributed by atoms with Crippen molar-refractivity contribution in [3.05, 3.63) is 24.3 Å². The minimum Gasteiger partial charge on any atom is -0.466 e. The number of nitrogens with two attached hydrogens (primary N) is 1. The summed E-state index contributed by atoms with van der Waals surface area (Å²) in [4.78, 5) is 11.5. The Bertz CT molecular complexity index is 451. The lowest BCUT2D eigenvalue weighted by Crippen LogP contribution is -2.32. The van der Waals surface area contributed by atoms with Gasteiger partial charge in [0, 0.05) is 12.0 Å². The molecule has 0 bridgehead atoms. The Hall–Kier alpha value is -1.23. The number of carbonyl (C=O) groups excluding carboxylic acids is 1. The van der Waals surface area contributed by atoms with E-state index in [1.165, 1.54) is 6.92 Å². The van der Waals surface area contributed by atoms with Gasteiger partial charge in [-0.15, -0.1) is 0 Å². The van der Waals surface area contributed by atoms with Crippen LogP contribution < -0.4 is 5.73 Å². The smallest absolute Gasteiger partial charge is 0.307 e. The monoisotopic (exact) mass is 359 g/mol. The standard InChI is InChI=1S/C20H35F2NO2/c1-8-25-19(24)11-17(23)9-10-18(20(22)12(2)3)15(6)13(4)14(5)16(7)21/h9-10,13-18,20H,2,8,11,23H2,1,3-7H3/b10-9+/t13-,14-,15+,16-,17+,18+,20?/m0/s1. The van der Waals surface area contributed by atoms with Crippen LogP contribution >= 0.6 is 0 Å². The molecule has 5 heteroatoms. The van der Waals surface area contributed by atoms with Crippen molar-refractivity contribution in [1.82, 2.24) is 0 Å². The van der Waals surface area contributed by atoms with Gasteiger partial charge in [-0.1, -0.05) is 39.5 Å². The maximum atomic E-state index is 14.7. The molecule has 0 aliphatic rings. The van der Waals surface area contributed by atoms with Crippen LogP contribution in [0.5, 0.6) is 0 Å². The van der Waals surface area contributed by atoms with E-state index < -0.39 is 24.3 Å². The highest BCUT2D eigenvalue weighted by Gasteiger charge is 2.33. The predicted octanol–water partition coefficient (Wildman–Crippen LogP) is 4.62. The first-order chi connectivity index (χ1) is 11.5. The highest BCUT2D eigenvalue weighted by atomic mass is 19.1. The van der Waals surface area contributed by atoms with Crippen LogP contribution in [0.25, 0.3) is 0 Å². The van der Waals surface area contributed by atoms with Gasteiger partial charge in [-0.3, -0.25) is 4.79 Å². The van der Waals surface area contributed by atoms with Gasteiger partial charge in [0.05, 0.1) is 13.0 Å². The number of hydrogen-bond donors (Lipinski definition) is 1. The van der Waals surface area contributed by atoms with Crippen LogP contribution in [0.3, 0.4) is 0 Å². The molecule has 0 aromatic rings. The fourth-order valence-corrected chi connectivity index (χ4v) is 2.87. The van der Waals surface area contributed by atoms with Gasteiger partial charge < -0.3 is 10.5 Å². The van der Waals surface area contributed by atoms with Crippen LogP contribution in [0.4, 0.5) is 8.78 Å². The van der Waals surface area contributed by atoms with Gasteiger partial charge in [0.15, 0.2) is 0 Å². The molecule has 0 radical (unpaired) electrons. The van der Waals surface area contributed by atoms with Crippen LogP contribution in [-0.2, 0) is 9.53 Å². The number of ether oxygens (including phenoxy) is 1. The van der Waals surface area contributed by atoms with Crippen LogP contribution in [0, 0.1) is 23.7 Å². The first kappa shape index (κ1) is 23.8. The van der Waals surface area contributed by atoms with E-state index >= 15 is 0 Å². The Kier molecular flexibility index (Phi) is 10.8. The Morgan fingerprint density at radius 2 is 1.68 bits per heavy atom. The number of hydrogen-bond acceptors (Lipinski definition) is 3. The zero-order valence-electron chi connectivity index (χ0n) is 16.5. The van der Waals surface area contributed by atoms with Gasteiger partial charge in [0.1, 0.15) is 12.3 Å². The molecular weight excluding hydrogens is 324 g/mol. The lowest BCUT2D eigenvalue weighted by Gasteiger charge is -2.33. The van der Waals surface area contributed by atoms with Crippen molar-refractivity contribution in [1.29, 1.82) is 0 Å². The topological polar surface area (TPSA) is 52.3 Å². The molecule has 0 saturated heterocycles. The van der Waals surface area contributed by atoms with Crippen molar-refractivity contribution in [3.8, 4) is 0 Å². The summed E-state index contributed by atoms with van der Waals surface area (Å²) in [7, 11) is 0. The molecule has 3 nitrogen and oxygen atoms in total. The molecule has 0 spiro atoms. The van der Waals surface area contributed by atoms with E-state index in [0.29, 0.717) is 12.2 Å². The number of alkyl halides is 2. The van der Waals surface area contributed by atoms with Gasteiger partial charge in [0.25, 0.3) is 0 Å². The summed E-state index contributed by atoms with van der Waals surface area (Å²) < 4.78 is 33.2. The molecule has 0 heterocycles. The van der Waals surface area contributed by atoms with Crippen molar-refractivity contribution in [2.45, 2.75) is 66.3 Å². The molecular formula is C20H35F2NO2. The van der Waals surface area contributed by atoms with Crippen LogP contribution in [0.1, 0.15) is 48.0 Å². The van der Waals surface area contributed by atoms with Gasteiger partial charge in [0.2, 0.25) is 0 Å². The average Bonchev–Trinajstić information content (AvgIpc) is 2.52. The number of allylic oxidation sites excluding steroid dienone is 2. The first-order valence-corrected chi connectivity index (χ1v) is 9.05. The van der Waals surface area contributed by atoms with Gasteiger partial charge in [-0.25, -0.2) is 8.78 Å². The summed E-state index contributed by atoms with van der Waals surface area (Å²) >= 11 is 0. The average molecular weight is 360 g/mol. The van der Waals surface area contributed by atoms with Crippen molar-refractivity contribution < 1.29 is 18.3 Å². The summed E-state index contributed by atoms with van der Waals surface area (Å²) in [6.45, 7) is 14.6. The summed E-state index contributed by atoms with van der Waals surface area (Å²) in [5, 5.41) is 0. The maximum Gasteiger partial charge on any atom is 0.307 e. The van der Waals surface area contributed by atoms with Crippen molar-refractivity contribution in [2.75, 3.05) is 6.61 Å². The third-order valence-corrected chi connectivity index (χ3v) is 5.09. The van der Waals surface area contributed by atoms with E-state index in [-0.39, 0.29) is 30.1 Å². The Morgan fingerprint density at radius 1 is 1.12 bits per heavy atom. The molecule has 0 rings (SSSR count). The zero-order valence-corrected chi connectivity index (χ0v) is 16.5. The summed E-state index contributed by atoms with van der Waals surface area (Å²) in [6, 6.07) is -0.543. The molecule has 0 aromatic heterocycles. The molecule has 1 unspecified atom stereocenters. The molecule has 0 aliphatic carbocycles. The summed E-state index contributed by atoms with van der Waals surface area (Å²) in [6.07, 6.45) is 1.19. The van der Waals surface area contributed by atoms with Gasteiger partial charge in [-0.2, -0.15) is 0 Å². The molecule has 0 saturated carbocycles. The predicted molar refractivity (Wildman–Crippen MR) is 99.6 cm³/mol. The lowest BCUT2D eigenvalue weighted by atomic mass is 9.73. The molecule has 0 aliphatic heterocycles. The minimum absolute atomic E-state index is 0.0199. The van der Waals surface area contributed by atoms with E-state index in [0.717, 1.165) is 0 Å². The van der Waals surface area contributed by atoms with E-state index in [1.807, 2.05) is 20.8 Å². The summed E-state index contributed by atoms with van der Waals surface area (Å²) in [5.41, 5.74) is 6.35. The third-order valence-electron chi connectivity index (χ3n) is 5.09. The number of halogens is 2.